The zero-order valence-electron chi connectivity index (χ0n) is 9.28. The van der Waals surface area contributed by atoms with Gasteiger partial charge in [-0.1, -0.05) is 0 Å². The summed E-state index contributed by atoms with van der Waals surface area (Å²) >= 11 is 6.66. The first-order valence-corrected chi connectivity index (χ1v) is 7.48. The van der Waals surface area contributed by atoms with Gasteiger partial charge < -0.3 is 0 Å². The van der Waals surface area contributed by atoms with Crippen LogP contribution in [0.2, 0.25) is 0 Å². The summed E-state index contributed by atoms with van der Waals surface area (Å²) in [6.45, 7) is 0.926. The Labute approximate surface area is 108 Å². The molecule has 1 rings (SSSR count). The Morgan fingerprint density at radius 3 is 2.53 bits per heavy atom. The van der Waals surface area contributed by atoms with Crippen molar-refractivity contribution in [2.24, 2.45) is 0 Å². The van der Waals surface area contributed by atoms with Gasteiger partial charge in [-0.15, -0.1) is 22.9 Å². The molecule has 0 radical (unpaired) electrons. The van der Waals surface area contributed by atoms with Gasteiger partial charge in [-0.2, -0.15) is 4.31 Å². The van der Waals surface area contributed by atoms with Crippen LogP contribution in [0.1, 0.15) is 10.4 Å². The first kappa shape index (κ1) is 14.8. The number of alkyl halides is 3. The average Bonchev–Trinajstić information content (AvgIpc) is 2.59. The quantitative estimate of drug-likeness (QED) is 0.784. The Balaban J connectivity index is 3.04. The van der Waals surface area contributed by atoms with Gasteiger partial charge in [0.1, 0.15) is 4.21 Å². The molecule has 0 amide bonds. The minimum atomic E-state index is -3.83. The fourth-order valence-electron chi connectivity index (χ4n) is 1.19. The van der Waals surface area contributed by atoms with Crippen LogP contribution in [-0.2, 0) is 15.9 Å². The van der Waals surface area contributed by atoms with E-state index in [4.69, 9.17) is 11.6 Å². The Hall–Kier alpha value is -0.240. The summed E-state index contributed by atoms with van der Waals surface area (Å²) in [5.41, 5.74) is 0.758. The molecule has 1 aromatic heterocycles. The largest absolute Gasteiger partial charge is 0.252 e. The van der Waals surface area contributed by atoms with E-state index in [2.05, 4.69) is 0 Å². The molecule has 0 unspecified atom stereocenters. The molecule has 8 heteroatoms. The molecule has 0 saturated carbocycles. The molecular weight excluding hydrogens is 292 g/mol. The maximum Gasteiger partial charge on any atom is 0.252 e. The molecule has 98 valence electrons. The van der Waals surface area contributed by atoms with E-state index in [-0.39, 0.29) is 10.1 Å². The number of nitrogens with zero attached hydrogens (tertiary/aromatic N) is 1. The molecule has 3 nitrogen and oxygen atoms in total. The number of thiophene rings is 1. The third-order valence-electron chi connectivity index (χ3n) is 2.18. The van der Waals surface area contributed by atoms with E-state index in [1.54, 1.807) is 6.92 Å². The molecule has 0 fully saturated rings. The monoisotopic (exact) mass is 303 g/mol. The maximum atomic E-state index is 12.2. The average molecular weight is 304 g/mol. The van der Waals surface area contributed by atoms with E-state index in [9.17, 15) is 17.2 Å². The van der Waals surface area contributed by atoms with Crippen molar-refractivity contribution in [3.63, 3.8) is 0 Å². The Morgan fingerprint density at radius 1 is 1.53 bits per heavy atom. The number of sulfonamides is 1. The van der Waals surface area contributed by atoms with Gasteiger partial charge >= 0.3 is 0 Å². The van der Waals surface area contributed by atoms with Gasteiger partial charge in [0.05, 0.1) is 12.4 Å². The molecule has 1 heterocycles. The number of hydrogen-bond acceptors (Lipinski definition) is 3. The third kappa shape index (κ3) is 3.37. The SMILES string of the molecule is Cc1cc(S(=O)(=O)N(C)CC(F)F)sc1CCl. The second-order valence-corrected chi connectivity index (χ2v) is 7.16. The Morgan fingerprint density at radius 2 is 2.12 bits per heavy atom. The van der Waals surface area contributed by atoms with Crippen LogP contribution in [0.5, 0.6) is 0 Å². The normalized spacial score (nSPS) is 12.6. The molecule has 0 aliphatic heterocycles. The van der Waals surface area contributed by atoms with Crippen LogP contribution < -0.4 is 0 Å². The molecule has 0 atom stereocenters. The van der Waals surface area contributed by atoms with Crippen molar-refractivity contribution in [1.29, 1.82) is 0 Å². The lowest BCUT2D eigenvalue weighted by molar-refractivity contribution is 0.126. The van der Waals surface area contributed by atoms with Crippen molar-refractivity contribution in [3.8, 4) is 0 Å². The fourth-order valence-corrected chi connectivity index (χ4v) is 4.37. The van der Waals surface area contributed by atoms with E-state index in [1.807, 2.05) is 0 Å². The summed E-state index contributed by atoms with van der Waals surface area (Å²) in [5.74, 6) is 0.213. The van der Waals surface area contributed by atoms with Crippen molar-refractivity contribution < 1.29 is 17.2 Å². The highest BCUT2D eigenvalue weighted by Gasteiger charge is 2.26. The fraction of sp³-hybridized carbons (Fsp3) is 0.556. The highest BCUT2D eigenvalue weighted by atomic mass is 35.5. The molecule has 17 heavy (non-hydrogen) atoms. The standard InChI is InChI=1S/C9H12ClF2NO2S2/c1-6-3-9(16-7(6)4-10)17(14,15)13(2)5-8(11)12/h3,8H,4-5H2,1-2H3. The highest BCUT2D eigenvalue weighted by Crippen LogP contribution is 2.29. The summed E-state index contributed by atoms with van der Waals surface area (Å²) in [7, 11) is -2.70. The summed E-state index contributed by atoms with van der Waals surface area (Å²) in [5, 5.41) is 0. The first-order chi connectivity index (χ1) is 7.78. The van der Waals surface area contributed by atoms with Gasteiger partial charge in [0, 0.05) is 11.9 Å². The maximum absolute atomic E-state index is 12.2. The molecule has 0 N–H and O–H groups in total. The number of aryl methyl sites for hydroxylation is 1. The van der Waals surface area contributed by atoms with Crippen molar-refractivity contribution in [2.45, 2.75) is 23.4 Å². The smallest absolute Gasteiger partial charge is 0.209 e. The van der Waals surface area contributed by atoms with E-state index in [0.29, 0.717) is 4.31 Å². The van der Waals surface area contributed by atoms with Gasteiger partial charge in [-0.25, -0.2) is 17.2 Å². The van der Waals surface area contributed by atoms with Crippen molar-refractivity contribution in [1.82, 2.24) is 4.31 Å². The highest BCUT2D eigenvalue weighted by molar-refractivity contribution is 7.91. The second kappa shape index (κ2) is 5.60. The molecule has 1 aromatic rings. The Bertz CT molecular complexity index is 487. The van der Waals surface area contributed by atoms with Crippen molar-refractivity contribution in [3.05, 3.63) is 16.5 Å². The summed E-state index contributed by atoms with van der Waals surface area (Å²) < 4.78 is 48.8. The molecule has 0 saturated heterocycles. The third-order valence-corrected chi connectivity index (χ3v) is 6.11. The predicted octanol–water partition coefficient (Wildman–Crippen LogP) is 2.68. The summed E-state index contributed by atoms with van der Waals surface area (Å²) in [6.07, 6.45) is -2.69. The zero-order chi connectivity index (χ0) is 13.2. The van der Waals surface area contributed by atoms with Gasteiger partial charge in [-0.05, 0) is 18.6 Å². The zero-order valence-corrected chi connectivity index (χ0v) is 11.7. The van der Waals surface area contributed by atoms with E-state index in [0.717, 1.165) is 28.8 Å². The first-order valence-electron chi connectivity index (χ1n) is 4.68. The number of halogens is 3. The van der Waals surface area contributed by atoms with Crippen LogP contribution in [0, 0.1) is 6.92 Å². The van der Waals surface area contributed by atoms with Gasteiger partial charge in [0.15, 0.2) is 0 Å². The van der Waals surface area contributed by atoms with Crippen LogP contribution in [0.25, 0.3) is 0 Å². The van der Waals surface area contributed by atoms with E-state index in [1.165, 1.54) is 6.07 Å². The van der Waals surface area contributed by atoms with E-state index < -0.39 is 23.0 Å². The molecule has 0 aliphatic carbocycles. The van der Waals surface area contributed by atoms with Crippen molar-refractivity contribution in [2.75, 3.05) is 13.6 Å². The lowest BCUT2D eigenvalue weighted by Gasteiger charge is -2.14. The van der Waals surface area contributed by atoms with Crippen LogP contribution in [-0.4, -0.2) is 32.7 Å². The summed E-state index contributed by atoms with van der Waals surface area (Å²) in [4.78, 5) is 0.732. The van der Waals surface area contributed by atoms with Crippen LogP contribution in [0.15, 0.2) is 10.3 Å². The predicted molar refractivity (Wildman–Crippen MR) is 64.4 cm³/mol. The minimum Gasteiger partial charge on any atom is -0.209 e. The number of hydrogen-bond donors (Lipinski definition) is 0. The van der Waals surface area contributed by atoms with Gasteiger partial charge in [-0.3, -0.25) is 0 Å². The molecule has 0 bridgehead atoms. The molecule has 0 aliphatic rings. The topological polar surface area (TPSA) is 37.4 Å². The summed E-state index contributed by atoms with van der Waals surface area (Å²) in [6, 6.07) is 1.46. The lowest BCUT2D eigenvalue weighted by atomic mass is 10.3. The van der Waals surface area contributed by atoms with Crippen LogP contribution in [0.3, 0.4) is 0 Å². The Kier molecular flexibility index (Phi) is 4.88. The minimum absolute atomic E-state index is 0.0498. The molecular formula is C9H12ClF2NO2S2. The van der Waals surface area contributed by atoms with Gasteiger partial charge in [0.25, 0.3) is 16.4 Å². The molecule has 0 aromatic carbocycles. The number of rotatable bonds is 5. The van der Waals surface area contributed by atoms with Crippen molar-refractivity contribution >= 4 is 33.0 Å². The van der Waals surface area contributed by atoms with Gasteiger partial charge in [0.2, 0.25) is 0 Å². The van der Waals surface area contributed by atoms with Crippen LogP contribution >= 0.6 is 22.9 Å². The lowest BCUT2D eigenvalue weighted by Crippen LogP contribution is -2.30. The van der Waals surface area contributed by atoms with E-state index >= 15 is 0 Å². The second-order valence-electron chi connectivity index (χ2n) is 3.48. The molecule has 0 spiro atoms. The van der Waals surface area contributed by atoms with Crippen LogP contribution in [0.4, 0.5) is 8.78 Å².